The first-order valence-electron chi connectivity index (χ1n) is 10.8. The van der Waals surface area contributed by atoms with E-state index in [1.165, 1.54) is 24.8 Å². The highest BCUT2D eigenvalue weighted by Gasteiger charge is 2.62. The van der Waals surface area contributed by atoms with Gasteiger partial charge >= 0.3 is 6.36 Å². The van der Waals surface area contributed by atoms with Gasteiger partial charge in [-0.05, 0) is 55.9 Å². The number of piperidine rings is 1. The fraction of sp³-hybridized carbons (Fsp3) is 0.500. The van der Waals surface area contributed by atoms with Crippen LogP contribution in [0.4, 0.5) is 13.2 Å². The molecule has 1 spiro atoms. The molecule has 166 valence electrons. The number of methoxy groups -OCH3 is 1. The minimum atomic E-state index is -4.73. The summed E-state index contributed by atoms with van der Waals surface area (Å²) >= 11 is 0. The fourth-order valence-corrected chi connectivity index (χ4v) is 5.97. The van der Waals surface area contributed by atoms with E-state index in [9.17, 15) is 13.2 Å². The molecule has 3 fully saturated rings. The van der Waals surface area contributed by atoms with Crippen molar-refractivity contribution in [3.8, 4) is 11.5 Å². The van der Waals surface area contributed by atoms with Crippen LogP contribution in [0.25, 0.3) is 0 Å². The van der Waals surface area contributed by atoms with Gasteiger partial charge in [-0.2, -0.15) is 0 Å². The van der Waals surface area contributed by atoms with Crippen LogP contribution >= 0.6 is 0 Å². The summed E-state index contributed by atoms with van der Waals surface area (Å²) in [6.07, 6.45) is 0.0364. The van der Waals surface area contributed by atoms with Gasteiger partial charge in [0.25, 0.3) is 0 Å². The lowest BCUT2D eigenvalue weighted by molar-refractivity contribution is -0.274. The highest BCUT2D eigenvalue weighted by molar-refractivity contribution is 5.44. The standard InChI is InChI=1S/C24H26F3NO3/c1-29-21-8-7-19(31-24(25,26)27)13-20(21)16-14-22(30-15-16)11-9-18-10-12-23(22,28-18)17-5-3-2-4-6-17/h2-8,13,16,18,28H,9-12,14-15H2,1H3/t16-,18-,22-,23-/m1/s1. The van der Waals surface area contributed by atoms with E-state index in [-0.39, 0.29) is 17.2 Å². The zero-order valence-electron chi connectivity index (χ0n) is 17.4. The Bertz CT molecular complexity index is 951. The molecule has 0 aromatic heterocycles. The summed E-state index contributed by atoms with van der Waals surface area (Å²) in [6, 6.07) is 15.2. The normalized spacial score (nSPS) is 32.4. The second-order valence-corrected chi connectivity index (χ2v) is 8.85. The topological polar surface area (TPSA) is 39.7 Å². The van der Waals surface area contributed by atoms with E-state index in [0.717, 1.165) is 25.7 Å². The van der Waals surface area contributed by atoms with Gasteiger partial charge in [-0.3, -0.25) is 0 Å². The third-order valence-electron chi connectivity index (χ3n) is 7.27. The van der Waals surface area contributed by atoms with Crippen LogP contribution in [0.15, 0.2) is 48.5 Å². The molecular formula is C24H26F3NO3. The van der Waals surface area contributed by atoms with Crippen molar-refractivity contribution in [3.05, 3.63) is 59.7 Å². The highest BCUT2D eigenvalue weighted by Crippen LogP contribution is 2.58. The molecule has 3 heterocycles. The van der Waals surface area contributed by atoms with Gasteiger partial charge in [0, 0.05) is 17.5 Å². The van der Waals surface area contributed by atoms with Crippen LogP contribution in [-0.2, 0) is 10.3 Å². The van der Waals surface area contributed by atoms with E-state index in [0.29, 0.717) is 30.4 Å². The Balaban J connectivity index is 1.50. The summed E-state index contributed by atoms with van der Waals surface area (Å²) in [6.45, 7) is 0.437. The van der Waals surface area contributed by atoms with Crippen molar-refractivity contribution >= 4 is 0 Å². The molecule has 0 aliphatic carbocycles. The second kappa shape index (κ2) is 7.41. The molecule has 3 saturated heterocycles. The molecule has 0 amide bonds. The first-order valence-corrected chi connectivity index (χ1v) is 10.8. The molecule has 0 radical (unpaired) electrons. The van der Waals surface area contributed by atoms with Crippen molar-refractivity contribution in [2.45, 2.75) is 61.6 Å². The Morgan fingerprint density at radius 3 is 2.58 bits per heavy atom. The first-order chi connectivity index (χ1) is 14.8. The van der Waals surface area contributed by atoms with Gasteiger partial charge in [0.2, 0.25) is 0 Å². The van der Waals surface area contributed by atoms with Crippen LogP contribution in [0, 0.1) is 0 Å². The number of benzene rings is 2. The van der Waals surface area contributed by atoms with Crippen molar-refractivity contribution in [2.24, 2.45) is 0 Å². The maximum Gasteiger partial charge on any atom is 0.573 e. The van der Waals surface area contributed by atoms with Crippen molar-refractivity contribution in [1.82, 2.24) is 5.32 Å². The van der Waals surface area contributed by atoms with E-state index in [4.69, 9.17) is 9.47 Å². The van der Waals surface area contributed by atoms with E-state index in [2.05, 4.69) is 34.3 Å². The van der Waals surface area contributed by atoms with Gasteiger partial charge in [0.05, 0.1) is 24.9 Å². The largest absolute Gasteiger partial charge is 0.573 e. The van der Waals surface area contributed by atoms with Crippen LogP contribution in [0.3, 0.4) is 0 Å². The Kier molecular flexibility index (Phi) is 4.94. The number of hydrogen-bond donors (Lipinski definition) is 1. The highest BCUT2D eigenvalue weighted by atomic mass is 19.4. The SMILES string of the molecule is COc1ccc(OC(F)(F)F)cc1[C@H]1CO[C@]2(CC[C@@H]3CC[C@]2(c2ccccc2)N3)C1. The number of fused-ring (bicyclic) bond motifs is 3. The summed E-state index contributed by atoms with van der Waals surface area (Å²) in [4.78, 5) is 0. The van der Waals surface area contributed by atoms with Gasteiger partial charge in [-0.25, -0.2) is 0 Å². The van der Waals surface area contributed by atoms with Gasteiger partial charge in [-0.1, -0.05) is 30.3 Å². The molecule has 3 aliphatic rings. The Morgan fingerprint density at radius 1 is 1.06 bits per heavy atom. The second-order valence-electron chi connectivity index (χ2n) is 8.85. The fourth-order valence-electron chi connectivity index (χ4n) is 5.97. The quantitative estimate of drug-likeness (QED) is 0.713. The molecule has 2 aromatic rings. The van der Waals surface area contributed by atoms with E-state index in [1.807, 2.05) is 6.07 Å². The number of ether oxygens (including phenoxy) is 3. The number of alkyl halides is 3. The molecule has 31 heavy (non-hydrogen) atoms. The summed E-state index contributed by atoms with van der Waals surface area (Å²) in [7, 11) is 1.53. The van der Waals surface area contributed by atoms with E-state index < -0.39 is 12.0 Å². The van der Waals surface area contributed by atoms with Gasteiger partial charge in [0.15, 0.2) is 0 Å². The van der Waals surface area contributed by atoms with E-state index in [1.54, 1.807) is 6.07 Å². The zero-order valence-corrected chi connectivity index (χ0v) is 17.4. The van der Waals surface area contributed by atoms with Gasteiger partial charge in [-0.15, -0.1) is 13.2 Å². The molecule has 0 saturated carbocycles. The number of hydrogen-bond acceptors (Lipinski definition) is 4. The molecule has 1 N–H and O–H groups in total. The smallest absolute Gasteiger partial charge is 0.496 e. The summed E-state index contributed by atoms with van der Waals surface area (Å²) in [5.74, 6) is 0.248. The molecule has 4 nitrogen and oxygen atoms in total. The summed E-state index contributed by atoms with van der Waals surface area (Å²) in [5, 5.41) is 3.87. The van der Waals surface area contributed by atoms with Crippen molar-refractivity contribution in [2.75, 3.05) is 13.7 Å². The van der Waals surface area contributed by atoms with Gasteiger partial charge < -0.3 is 19.5 Å². The lowest BCUT2D eigenvalue weighted by atomic mass is 9.67. The third-order valence-corrected chi connectivity index (χ3v) is 7.27. The molecule has 2 bridgehead atoms. The Labute approximate surface area is 179 Å². The zero-order chi connectivity index (χ0) is 21.7. The molecule has 2 aromatic carbocycles. The molecular weight excluding hydrogens is 407 g/mol. The van der Waals surface area contributed by atoms with Crippen LogP contribution in [0.1, 0.15) is 49.1 Å². The predicted molar refractivity (Wildman–Crippen MR) is 109 cm³/mol. The molecule has 7 heteroatoms. The predicted octanol–water partition coefficient (Wildman–Crippen LogP) is 5.28. The minimum absolute atomic E-state index is 0.0775. The molecule has 5 rings (SSSR count). The molecule has 3 aliphatic heterocycles. The Hall–Kier alpha value is -2.25. The van der Waals surface area contributed by atoms with Crippen LogP contribution < -0.4 is 14.8 Å². The number of halogens is 3. The van der Waals surface area contributed by atoms with Gasteiger partial charge in [0.1, 0.15) is 11.5 Å². The first kappa shape index (κ1) is 20.6. The summed E-state index contributed by atoms with van der Waals surface area (Å²) in [5.41, 5.74) is 1.24. The lowest BCUT2D eigenvalue weighted by Gasteiger charge is -2.50. The average molecular weight is 433 g/mol. The Morgan fingerprint density at radius 2 is 1.84 bits per heavy atom. The maximum atomic E-state index is 12.8. The minimum Gasteiger partial charge on any atom is -0.496 e. The van der Waals surface area contributed by atoms with Crippen molar-refractivity contribution in [1.29, 1.82) is 0 Å². The molecule has 4 atom stereocenters. The van der Waals surface area contributed by atoms with Crippen molar-refractivity contribution < 1.29 is 27.4 Å². The monoisotopic (exact) mass is 433 g/mol. The summed E-state index contributed by atoms with van der Waals surface area (Å²) < 4.78 is 54.6. The van der Waals surface area contributed by atoms with Crippen LogP contribution in [0.5, 0.6) is 11.5 Å². The molecule has 0 unspecified atom stereocenters. The van der Waals surface area contributed by atoms with E-state index >= 15 is 0 Å². The third kappa shape index (κ3) is 3.48. The van der Waals surface area contributed by atoms with Crippen molar-refractivity contribution in [3.63, 3.8) is 0 Å². The maximum absolute atomic E-state index is 12.8. The lowest BCUT2D eigenvalue weighted by Crippen LogP contribution is -2.61. The van der Waals surface area contributed by atoms with Crippen LogP contribution in [-0.4, -0.2) is 31.7 Å². The number of rotatable bonds is 4. The average Bonchev–Trinajstić information content (AvgIpc) is 3.34. The van der Waals surface area contributed by atoms with Crippen LogP contribution in [0.2, 0.25) is 0 Å². The number of nitrogens with one attached hydrogen (secondary N) is 1.